The number of fused-ring (bicyclic) bond motifs is 1. The number of hydrogen-bond acceptors (Lipinski definition) is 1. The van der Waals surface area contributed by atoms with E-state index in [-0.39, 0.29) is 0 Å². The lowest BCUT2D eigenvalue weighted by molar-refractivity contribution is 0.748. The zero-order valence-corrected chi connectivity index (χ0v) is 16.8. The molecule has 1 aromatic heterocycles. The second kappa shape index (κ2) is 8.04. The molecule has 1 heterocycles. The number of benzene rings is 3. The quantitative estimate of drug-likeness (QED) is 0.380. The van der Waals surface area contributed by atoms with Crippen LogP contribution in [0.15, 0.2) is 66.7 Å². The monoisotopic (exact) mass is 368 g/mol. The van der Waals surface area contributed by atoms with E-state index in [0.29, 0.717) is 0 Å². The average molecular weight is 369 g/mol. The first-order valence-electron chi connectivity index (χ1n) is 10.2. The number of hydrogen-bond donors (Lipinski definition) is 2. The Bertz CT molecular complexity index is 1070. The largest absolute Gasteiger partial charge is 0.354 e. The molecule has 28 heavy (non-hydrogen) atoms. The molecule has 0 saturated heterocycles. The van der Waals surface area contributed by atoms with Crippen LogP contribution in [0.3, 0.4) is 0 Å². The minimum Gasteiger partial charge on any atom is -0.354 e. The molecular weight excluding hydrogens is 340 g/mol. The van der Waals surface area contributed by atoms with E-state index in [1.54, 1.807) is 0 Å². The van der Waals surface area contributed by atoms with E-state index in [0.717, 1.165) is 25.8 Å². The second-order valence-electron chi connectivity index (χ2n) is 7.62. The van der Waals surface area contributed by atoms with Gasteiger partial charge in [0.15, 0.2) is 0 Å². The van der Waals surface area contributed by atoms with Crippen molar-refractivity contribution in [2.75, 3.05) is 6.54 Å². The van der Waals surface area contributed by atoms with Crippen LogP contribution in [0.1, 0.15) is 29.5 Å². The lowest BCUT2D eigenvalue weighted by atomic mass is 9.96. The summed E-state index contributed by atoms with van der Waals surface area (Å²) < 4.78 is 0. The lowest BCUT2D eigenvalue weighted by Crippen LogP contribution is -1.99. The van der Waals surface area contributed by atoms with Crippen LogP contribution in [0.5, 0.6) is 0 Å². The molecule has 0 atom stereocenters. The van der Waals surface area contributed by atoms with Crippen LogP contribution in [0.25, 0.3) is 33.3 Å². The van der Waals surface area contributed by atoms with Crippen molar-refractivity contribution in [3.8, 4) is 22.4 Å². The number of aryl methyl sites for hydroxylation is 3. The Kier molecular flexibility index (Phi) is 5.31. The molecule has 2 nitrogen and oxygen atoms in total. The summed E-state index contributed by atoms with van der Waals surface area (Å²) in [6, 6.07) is 23.9. The molecule has 3 aromatic carbocycles. The van der Waals surface area contributed by atoms with Crippen molar-refractivity contribution in [1.82, 2.24) is 4.98 Å². The Labute approximate surface area is 167 Å². The predicted octanol–water partition coefficient (Wildman–Crippen LogP) is 6.40. The molecule has 0 unspecified atom stereocenters. The van der Waals surface area contributed by atoms with Crippen LogP contribution in [0, 0.1) is 13.8 Å². The van der Waals surface area contributed by atoms with Gasteiger partial charge < -0.3 is 10.7 Å². The molecule has 2 heteroatoms. The van der Waals surface area contributed by atoms with E-state index in [1.165, 1.54) is 50.0 Å². The molecule has 0 aliphatic rings. The second-order valence-corrected chi connectivity index (χ2v) is 7.62. The number of nitrogens with two attached hydrogens (primary N) is 1. The van der Waals surface area contributed by atoms with Gasteiger partial charge in [-0.05, 0) is 73.0 Å². The van der Waals surface area contributed by atoms with Crippen molar-refractivity contribution in [1.29, 1.82) is 0 Å². The maximum atomic E-state index is 5.75. The minimum absolute atomic E-state index is 0.751. The summed E-state index contributed by atoms with van der Waals surface area (Å²) in [6.45, 7) is 5.15. The molecule has 0 bridgehead atoms. The van der Waals surface area contributed by atoms with Crippen LogP contribution in [-0.4, -0.2) is 11.5 Å². The zero-order chi connectivity index (χ0) is 19.5. The minimum atomic E-state index is 0.751. The maximum absolute atomic E-state index is 5.75. The fourth-order valence-electron chi connectivity index (χ4n) is 4.09. The number of nitrogens with one attached hydrogen (secondary N) is 1. The molecule has 142 valence electrons. The summed E-state index contributed by atoms with van der Waals surface area (Å²) in [7, 11) is 0. The highest BCUT2D eigenvalue weighted by atomic mass is 14.7. The van der Waals surface area contributed by atoms with Crippen molar-refractivity contribution >= 4 is 10.9 Å². The smallest absolute Gasteiger partial charge is 0.0497 e. The summed E-state index contributed by atoms with van der Waals surface area (Å²) in [5.74, 6) is 0. The number of unbranched alkanes of at least 4 members (excludes halogenated alkanes) is 1. The summed E-state index contributed by atoms with van der Waals surface area (Å²) in [5.41, 5.74) is 16.1. The number of aromatic nitrogens is 1. The van der Waals surface area contributed by atoms with Crippen LogP contribution >= 0.6 is 0 Å². The van der Waals surface area contributed by atoms with E-state index in [9.17, 15) is 0 Å². The molecule has 0 fully saturated rings. The molecule has 0 radical (unpaired) electrons. The van der Waals surface area contributed by atoms with Crippen molar-refractivity contribution in [3.63, 3.8) is 0 Å². The first-order valence-corrected chi connectivity index (χ1v) is 10.2. The molecule has 0 aliphatic heterocycles. The first kappa shape index (κ1) is 18.5. The van der Waals surface area contributed by atoms with Gasteiger partial charge in [-0.2, -0.15) is 0 Å². The van der Waals surface area contributed by atoms with Crippen molar-refractivity contribution in [2.24, 2.45) is 5.73 Å². The third kappa shape index (κ3) is 3.48. The molecule has 0 spiro atoms. The van der Waals surface area contributed by atoms with Crippen LogP contribution < -0.4 is 5.73 Å². The van der Waals surface area contributed by atoms with Gasteiger partial charge >= 0.3 is 0 Å². The Morgan fingerprint density at radius 2 is 1.36 bits per heavy atom. The topological polar surface area (TPSA) is 41.8 Å². The van der Waals surface area contributed by atoms with E-state index < -0.39 is 0 Å². The Hall–Kier alpha value is -2.84. The van der Waals surface area contributed by atoms with Crippen molar-refractivity contribution in [3.05, 3.63) is 83.4 Å². The van der Waals surface area contributed by atoms with Gasteiger partial charge in [-0.1, -0.05) is 66.7 Å². The maximum Gasteiger partial charge on any atom is 0.0497 e. The molecule has 0 amide bonds. The third-order valence-electron chi connectivity index (χ3n) is 5.64. The summed E-state index contributed by atoms with van der Waals surface area (Å²) in [6.07, 6.45) is 3.23. The van der Waals surface area contributed by atoms with Crippen molar-refractivity contribution < 1.29 is 0 Å². The van der Waals surface area contributed by atoms with Gasteiger partial charge in [0.1, 0.15) is 0 Å². The van der Waals surface area contributed by atoms with Gasteiger partial charge in [0, 0.05) is 16.6 Å². The fourth-order valence-corrected chi connectivity index (χ4v) is 4.09. The van der Waals surface area contributed by atoms with E-state index >= 15 is 0 Å². The van der Waals surface area contributed by atoms with Gasteiger partial charge in [0.25, 0.3) is 0 Å². The molecule has 0 saturated carbocycles. The van der Waals surface area contributed by atoms with Crippen LogP contribution in [0.2, 0.25) is 0 Å². The van der Waals surface area contributed by atoms with Gasteiger partial charge in [-0.15, -0.1) is 0 Å². The highest BCUT2D eigenvalue weighted by Gasteiger charge is 2.16. The Morgan fingerprint density at radius 1 is 0.714 bits per heavy atom. The molecule has 4 aromatic rings. The van der Waals surface area contributed by atoms with Crippen LogP contribution in [0.4, 0.5) is 0 Å². The lowest BCUT2D eigenvalue weighted by Gasteiger charge is -2.08. The van der Waals surface area contributed by atoms with E-state index in [2.05, 4.69) is 85.6 Å². The van der Waals surface area contributed by atoms with Gasteiger partial charge in [0.2, 0.25) is 0 Å². The van der Waals surface area contributed by atoms with Crippen LogP contribution in [-0.2, 0) is 6.42 Å². The summed E-state index contributed by atoms with van der Waals surface area (Å²) in [5, 5.41) is 1.39. The number of rotatable bonds is 6. The van der Waals surface area contributed by atoms with E-state index in [4.69, 9.17) is 5.73 Å². The SMILES string of the molecule is Cc1ccc(C)c2c(CCCCN)c(-c3ccc(-c4ccccc4)cc3)[nH]c12. The number of aromatic amines is 1. The number of H-pyrrole nitrogens is 1. The highest BCUT2D eigenvalue weighted by Crippen LogP contribution is 2.35. The normalized spacial score (nSPS) is 11.2. The average Bonchev–Trinajstić information content (AvgIpc) is 3.13. The molecule has 4 rings (SSSR count). The van der Waals surface area contributed by atoms with Gasteiger partial charge in [-0.3, -0.25) is 0 Å². The highest BCUT2D eigenvalue weighted by molar-refractivity contribution is 5.95. The first-order chi connectivity index (χ1) is 13.7. The van der Waals surface area contributed by atoms with Gasteiger partial charge in [-0.25, -0.2) is 0 Å². The van der Waals surface area contributed by atoms with E-state index in [1.807, 2.05) is 0 Å². The Balaban J connectivity index is 1.80. The third-order valence-corrected chi connectivity index (χ3v) is 5.64. The molecule has 3 N–H and O–H groups in total. The predicted molar refractivity (Wildman–Crippen MR) is 121 cm³/mol. The molecular formula is C26H28N2. The zero-order valence-electron chi connectivity index (χ0n) is 16.8. The molecule has 0 aliphatic carbocycles. The van der Waals surface area contributed by atoms with Crippen molar-refractivity contribution in [2.45, 2.75) is 33.1 Å². The summed E-state index contributed by atoms with van der Waals surface area (Å²) >= 11 is 0. The standard InChI is InChI=1S/C26H28N2/c1-18-11-12-19(2)25-24(18)23(10-6-7-17-27)26(28-25)22-15-13-21(14-16-22)20-8-4-3-5-9-20/h3-5,8-9,11-16,28H,6-7,10,17,27H2,1-2H3. The Morgan fingerprint density at radius 3 is 2.07 bits per heavy atom. The van der Waals surface area contributed by atoms with Gasteiger partial charge in [0.05, 0.1) is 0 Å². The fraction of sp³-hybridized carbons (Fsp3) is 0.231. The summed E-state index contributed by atoms with van der Waals surface area (Å²) in [4.78, 5) is 3.74.